The van der Waals surface area contributed by atoms with Crippen molar-refractivity contribution in [2.45, 2.75) is 32.2 Å². The van der Waals surface area contributed by atoms with Crippen LogP contribution in [-0.2, 0) is 6.54 Å². The van der Waals surface area contributed by atoms with Gasteiger partial charge in [0.2, 0.25) is 0 Å². The van der Waals surface area contributed by atoms with Gasteiger partial charge in [0.15, 0.2) is 5.84 Å². The minimum atomic E-state index is 0.0262. The van der Waals surface area contributed by atoms with Crippen LogP contribution in [0.1, 0.15) is 36.9 Å². The van der Waals surface area contributed by atoms with Gasteiger partial charge in [-0.3, -0.25) is 4.98 Å². The molecule has 2 unspecified atom stereocenters. The molecule has 21 heavy (non-hydrogen) atoms. The Balaban J connectivity index is 1.91. The van der Waals surface area contributed by atoms with E-state index in [-0.39, 0.29) is 12.4 Å². The molecule has 1 aliphatic rings. The Morgan fingerprint density at radius 3 is 2.86 bits per heavy atom. The zero-order chi connectivity index (χ0) is 15.1. The van der Waals surface area contributed by atoms with Crippen molar-refractivity contribution in [2.24, 2.45) is 22.7 Å². The number of amidine groups is 1. The van der Waals surface area contributed by atoms with Gasteiger partial charge >= 0.3 is 0 Å². The van der Waals surface area contributed by atoms with Crippen molar-refractivity contribution in [2.75, 3.05) is 13.2 Å². The maximum atomic E-state index is 9.43. The number of aliphatic hydroxyl groups excluding tert-OH is 1. The van der Waals surface area contributed by atoms with Crippen LogP contribution in [0, 0.1) is 11.8 Å². The third kappa shape index (κ3) is 4.15. The summed E-state index contributed by atoms with van der Waals surface area (Å²) in [5, 5.41) is 24.6. The molecule has 1 fully saturated rings. The van der Waals surface area contributed by atoms with Crippen molar-refractivity contribution < 1.29 is 10.3 Å². The second-order valence-corrected chi connectivity index (χ2v) is 5.61. The lowest BCUT2D eigenvalue weighted by Crippen LogP contribution is -2.32. The summed E-state index contributed by atoms with van der Waals surface area (Å²) in [6.07, 6.45) is 6.37. The topological polar surface area (TPSA) is 104 Å². The highest BCUT2D eigenvalue weighted by molar-refractivity contribution is 5.96. The average molecular weight is 292 g/mol. The molecule has 1 aromatic heterocycles. The molecule has 1 saturated carbocycles. The number of nitrogens with zero attached hydrogens (tertiary/aromatic N) is 2. The molecule has 0 spiro atoms. The van der Waals surface area contributed by atoms with Gasteiger partial charge in [-0.25, -0.2) is 0 Å². The lowest BCUT2D eigenvalue weighted by atomic mass is 9.79. The summed E-state index contributed by atoms with van der Waals surface area (Å²) in [6, 6.07) is 3.75. The Morgan fingerprint density at radius 2 is 2.14 bits per heavy atom. The second-order valence-electron chi connectivity index (χ2n) is 5.61. The van der Waals surface area contributed by atoms with Crippen LogP contribution in [0.3, 0.4) is 0 Å². The van der Waals surface area contributed by atoms with Gasteiger partial charge in [0.05, 0.1) is 0 Å². The van der Waals surface area contributed by atoms with Crippen molar-refractivity contribution in [3.63, 3.8) is 0 Å². The van der Waals surface area contributed by atoms with Crippen LogP contribution in [0.5, 0.6) is 0 Å². The number of hydrogen-bond acceptors (Lipinski definition) is 5. The van der Waals surface area contributed by atoms with Crippen LogP contribution in [-0.4, -0.2) is 34.3 Å². The molecule has 1 aromatic rings. The summed E-state index contributed by atoms with van der Waals surface area (Å²) in [6.45, 7) is 1.76. The van der Waals surface area contributed by atoms with Gasteiger partial charge in [-0.15, -0.1) is 0 Å². The molecular weight excluding hydrogens is 268 g/mol. The molecule has 2 rings (SSSR count). The van der Waals surface area contributed by atoms with Crippen molar-refractivity contribution in [3.8, 4) is 0 Å². The first-order chi connectivity index (χ1) is 10.3. The zero-order valence-electron chi connectivity index (χ0n) is 12.2. The van der Waals surface area contributed by atoms with E-state index in [4.69, 9.17) is 10.9 Å². The summed E-state index contributed by atoms with van der Waals surface area (Å²) < 4.78 is 0. The van der Waals surface area contributed by atoms with Gasteiger partial charge in [-0.05, 0) is 42.9 Å². The standard InChI is InChI=1S/C15H24N4O2/c16-15(19-21)14-12(6-3-7-18-14)9-17-8-11-4-1-2-5-13(11)10-20/h3,6-7,11,13,17,20-21H,1-2,4-5,8-10H2,(H2,16,19). The van der Waals surface area contributed by atoms with E-state index in [9.17, 15) is 5.11 Å². The Labute approximate surface area is 125 Å². The molecule has 5 N–H and O–H groups in total. The fraction of sp³-hybridized carbons (Fsp3) is 0.600. The quantitative estimate of drug-likeness (QED) is 0.272. The SMILES string of the molecule is NC(=NO)c1ncccc1CNCC1CCCCC1CO. The van der Waals surface area contributed by atoms with E-state index in [1.165, 1.54) is 19.3 Å². The van der Waals surface area contributed by atoms with E-state index in [0.29, 0.717) is 24.1 Å². The molecule has 6 nitrogen and oxygen atoms in total. The molecule has 0 saturated heterocycles. The molecule has 116 valence electrons. The smallest absolute Gasteiger partial charge is 0.189 e. The molecular formula is C15H24N4O2. The summed E-state index contributed by atoms with van der Waals surface area (Å²) >= 11 is 0. The van der Waals surface area contributed by atoms with Crippen LogP contribution in [0.25, 0.3) is 0 Å². The minimum absolute atomic E-state index is 0.0262. The number of nitrogens with one attached hydrogen (secondary N) is 1. The number of oxime groups is 1. The van der Waals surface area contributed by atoms with Crippen LogP contribution in [0.15, 0.2) is 23.5 Å². The maximum absolute atomic E-state index is 9.43. The van der Waals surface area contributed by atoms with Gasteiger partial charge in [0.1, 0.15) is 5.69 Å². The van der Waals surface area contributed by atoms with Crippen LogP contribution in [0.4, 0.5) is 0 Å². The number of nitrogens with two attached hydrogens (primary N) is 1. The molecule has 1 heterocycles. The lowest BCUT2D eigenvalue weighted by Gasteiger charge is -2.30. The summed E-state index contributed by atoms with van der Waals surface area (Å²) in [5.74, 6) is 0.953. The number of aliphatic hydroxyl groups is 1. The minimum Gasteiger partial charge on any atom is -0.409 e. The van der Waals surface area contributed by atoms with Gasteiger partial charge in [0, 0.05) is 19.3 Å². The molecule has 0 amide bonds. The van der Waals surface area contributed by atoms with E-state index in [0.717, 1.165) is 18.5 Å². The van der Waals surface area contributed by atoms with Gasteiger partial charge in [-0.1, -0.05) is 24.1 Å². The van der Waals surface area contributed by atoms with E-state index < -0.39 is 0 Å². The molecule has 0 aromatic carbocycles. The van der Waals surface area contributed by atoms with E-state index in [1.807, 2.05) is 12.1 Å². The van der Waals surface area contributed by atoms with Crippen LogP contribution >= 0.6 is 0 Å². The fourth-order valence-corrected chi connectivity index (χ4v) is 3.05. The summed E-state index contributed by atoms with van der Waals surface area (Å²) in [4.78, 5) is 4.15. The second kappa shape index (κ2) is 7.95. The number of hydrogen-bond donors (Lipinski definition) is 4. The summed E-state index contributed by atoms with van der Waals surface area (Å²) in [5.41, 5.74) is 7.05. The average Bonchev–Trinajstić information content (AvgIpc) is 2.55. The van der Waals surface area contributed by atoms with E-state index in [1.54, 1.807) is 6.20 Å². The zero-order valence-corrected chi connectivity index (χ0v) is 12.2. The van der Waals surface area contributed by atoms with Gasteiger partial charge in [-0.2, -0.15) is 0 Å². The number of aromatic nitrogens is 1. The Kier molecular flexibility index (Phi) is 5.95. The number of rotatable bonds is 6. The highest BCUT2D eigenvalue weighted by Crippen LogP contribution is 2.29. The molecule has 0 bridgehead atoms. The summed E-state index contributed by atoms with van der Waals surface area (Å²) in [7, 11) is 0. The highest BCUT2D eigenvalue weighted by Gasteiger charge is 2.24. The lowest BCUT2D eigenvalue weighted by molar-refractivity contribution is 0.133. The van der Waals surface area contributed by atoms with E-state index in [2.05, 4.69) is 15.5 Å². The van der Waals surface area contributed by atoms with E-state index >= 15 is 0 Å². The van der Waals surface area contributed by atoms with Crippen molar-refractivity contribution >= 4 is 5.84 Å². The Hall–Kier alpha value is -1.66. The predicted molar refractivity (Wildman–Crippen MR) is 81.0 cm³/mol. The third-order valence-electron chi connectivity index (χ3n) is 4.26. The molecule has 0 aliphatic heterocycles. The molecule has 2 atom stereocenters. The van der Waals surface area contributed by atoms with Crippen molar-refractivity contribution in [3.05, 3.63) is 29.6 Å². The predicted octanol–water partition coefficient (Wildman–Crippen LogP) is 1.06. The van der Waals surface area contributed by atoms with Gasteiger partial charge < -0.3 is 21.4 Å². The van der Waals surface area contributed by atoms with Crippen LogP contribution in [0.2, 0.25) is 0 Å². The van der Waals surface area contributed by atoms with Crippen molar-refractivity contribution in [1.82, 2.24) is 10.3 Å². The fourth-order valence-electron chi connectivity index (χ4n) is 3.05. The maximum Gasteiger partial charge on any atom is 0.189 e. The highest BCUT2D eigenvalue weighted by atomic mass is 16.4. The first kappa shape index (κ1) is 15.7. The normalized spacial score (nSPS) is 23.2. The monoisotopic (exact) mass is 292 g/mol. The largest absolute Gasteiger partial charge is 0.409 e. The Bertz CT molecular complexity index is 478. The molecule has 1 aliphatic carbocycles. The Morgan fingerprint density at radius 1 is 1.38 bits per heavy atom. The third-order valence-corrected chi connectivity index (χ3v) is 4.26. The van der Waals surface area contributed by atoms with Crippen molar-refractivity contribution in [1.29, 1.82) is 0 Å². The first-order valence-electron chi connectivity index (χ1n) is 7.49. The molecule has 0 radical (unpaired) electrons. The van der Waals surface area contributed by atoms with Crippen LogP contribution < -0.4 is 11.1 Å². The molecule has 6 heteroatoms. The number of pyridine rings is 1. The van der Waals surface area contributed by atoms with Gasteiger partial charge in [0.25, 0.3) is 0 Å². The first-order valence-corrected chi connectivity index (χ1v) is 7.49.